The molecule has 4 rings (SSSR count). The quantitative estimate of drug-likeness (QED) is 0.541. The molecule has 2 aromatic carbocycles. The molecule has 0 unspecified atom stereocenters. The van der Waals surface area contributed by atoms with E-state index in [1.54, 1.807) is 0 Å². The fourth-order valence-electron chi connectivity index (χ4n) is 2.35. The molecule has 1 amide bonds. The maximum atomic E-state index is 12.1. The molecular weight excluding hydrogens is 348 g/mol. The molecule has 0 saturated heterocycles. The summed E-state index contributed by atoms with van der Waals surface area (Å²) in [5.41, 5.74) is 1.97. The second-order valence-electron chi connectivity index (χ2n) is 5.56. The van der Waals surface area contributed by atoms with Crippen LogP contribution in [0.3, 0.4) is 0 Å². The number of aromatic nitrogens is 5. The predicted molar refractivity (Wildman–Crippen MR) is 94.8 cm³/mol. The van der Waals surface area contributed by atoms with Gasteiger partial charge in [-0.25, -0.2) is 0 Å². The molecule has 0 spiro atoms. The second-order valence-corrected chi connectivity index (χ2v) is 5.56. The SMILES string of the molecule is O=C(Nc1nn[nH]n1)c1cc(-c2ccc(OCc3ccccc3)cc2)on1. The molecule has 9 heteroatoms. The summed E-state index contributed by atoms with van der Waals surface area (Å²) >= 11 is 0. The van der Waals surface area contributed by atoms with E-state index in [9.17, 15) is 4.79 Å². The molecule has 0 aliphatic heterocycles. The topological polar surface area (TPSA) is 119 Å². The second kappa shape index (κ2) is 7.48. The third-order valence-electron chi connectivity index (χ3n) is 3.70. The van der Waals surface area contributed by atoms with Crippen LogP contribution in [0.25, 0.3) is 11.3 Å². The van der Waals surface area contributed by atoms with E-state index >= 15 is 0 Å². The number of H-pyrrole nitrogens is 1. The number of amides is 1. The van der Waals surface area contributed by atoms with Gasteiger partial charge in [-0.3, -0.25) is 10.1 Å². The van der Waals surface area contributed by atoms with Crippen molar-refractivity contribution in [3.05, 3.63) is 71.9 Å². The summed E-state index contributed by atoms with van der Waals surface area (Å²) in [6.45, 7) is 0.489. The number of aromatic amines is 1. The van der Waals surface area contributed by atoms with Gasteiger partial charge in [0.1, 0.15) is 12.4 Å². The first kappa shape index (κ1) is 16.5. The Balaban J connectivity index is 1.40. The van der Waals surface area contributed by atoms with Crippen molar-refractivity contribution in [1.29, 1.82) is 0 Å². The Labute approximate surface area is 153 Å². The van der Waals surface area contributed by atoms with Crippen LogP contribution in [0.1, 0.15) is 16.1 Å². The highest BCUT2D eigenvalue weighted by Gasteiger charge is 2.15. The summed E-state index contributed by atoms with van der Waals surface area (Å²) in [5, 5.41) is 19.1. The molecule has 0 radical (unpaired) electrons. The maximum Gasteiger partial charge on any atom is 0.280 e. The molecule has 2 heterocycles. The first-order valence-corrected chi connectivity index (χ1v) is 8.06. The minimum absolute atomic E-state index is 0.0597. The van der Waals surface area contributed by atoms with Crippen molar-refractivity contribution in [2.45, 2.75) is 6.61 Å². The van der Waals surface area contributed by atoms with Crippen molar-refractivity contribution in [2.75, 3.05) is 5.32 Å². The Kier molecular flexibility index (Phi) is 4.56. The van der Waals surface area contributed by atoms with E-state index < -0.39 is 5.91 Å². The number of carbonyl (C=O) groups is 1. The zero-order valence-electron chi connectivity index (χ0n) is 14.0. The van der Waals surface area contributed by atoms with Gasteiger partial charge in [-0.2, -0.15) is 5.21 Å². The molecule has 0 aliphatic rings. The molecule has 0 saturated carbocycles. The van der Waals surface area contributed by atoms with Crippen molar-refractivity contribution in [3.63, 3.8) is 0 Å². The van der Waals surface area contributed by atoms with E-state index in [0.29, 0.717) is 12.4 Å². The zero-order valence-corrected chi connectivity index (χ0v) is 14.0. The molecule has 2 N–H and O–H groups in total. The van der Waals surface area contributed by atoms with E-state index in [0.717, 1.165) is 16.9 Å². The maximum absolute atomic E-state index is 12.1. The van der Waals surface area contributed by atoms with Gasteiger partial charge in [-0.05, 0) is 35.0 Å². The fraction of sp³-hybridized carbons (Fsp3) is 0.0556. The summed E-state index contributed by atoms with van der Waals surface area (Å²) in [6, 6.07) is 18.8. The number of nitrogens with one attached hydrogen (secondary N) is 2. The lowest BCUT2D eigenvalue weighted by molar-refractivity contribution is 0.101. The van der Waals surface area contributed by atoms with Gasteiger partial charge in [0.15, 0.2) is 11.5 Å². The predicted octanol–water partition coefficient (Wildman–Crippen LogP) is 2.69. The largest absolute Gasteiger partial charge is 0.489 e. The molecule has 0 fully saturated rings. The normalized spacial score (nSPS) is 10.5. The van der Waals surface area contributed by atoms with Crippen LogP contribution in [0.15, 0.2) is 65.2 Å². The molecule has 0 bridgehead atoms. The highest BCUT2D eigenvalue weighted by molar-refractivity contribution is 6.02. The van der Waals surface area contributed by atoms with Gasteiger partial charge in [0.2, 0.25) is 0 Å². The van der Waals surface area contributed by atoms with Crippen LogP contribution >= 0.6 is 0 Å². The van der Waals surface area contributed by atoms with Crippen molar-refractivity contribution in [3.8, 4) is 17.1 Å². The third-order valence-corrected chi connectivity index (χ3v) is 3.70. The van der Waals surface area contributed by atoms with Crippen LogP contribution < -0.4 is 10.1 Å². The number of tetrazole rings is 1. The zero-order chi connectivity index (χ0) is 18.5. The molecule has 0 aliphatic carbocycles. The smallest absolute Gasteiger partial charge is 0.280 e. The third kappa shape index (κ3) is 3.98. The van der Waals surface area contributed by atoms with E-state index in [-0.39, 0.29) is 11.6 Å². The van der Waals surface area contributed by atoms with Crippen molar-refractivity contribution < 1.29 is 14.1 Å². The van der Waals surface area contributed by atoms with E-state index in [2.05, 4.69) is 31.1 Å². The highest BCUT2D eigenvalue weighted by atomic mass is 16.5. The Morgan fingerprint density at radius 2 is 1.93 bits per heavy atom. The van der Waals surface area contributed by atoms with Gasteiger partial charge in [0.05, 0.1) is 0 Å². The number of ether oxygens (including phenoxy) is 1. The summed E-state index contributed by atoms with van der Waals surface area (Å²) in [6.07, 6.45) is 0. The number of benzene rings is 2. The summed E-state index contributed by atoms with van der Waals surface area (Å²) < 4.78 is 11.0. The summed E-state index contributed by atoms with van der Waals surface area (Å²) in [4.78, 5) is 12.1. The number of anilines is 1. The summed E-state index contributed by atoms with van der Waals surface area (Å²) in [7, 11) is 0. The van der Waals surface area contributed by atoms with Gasteiger partial charge in [-0.1, -0.05) is 40.6 Å². The van der Waals surface area contributed by atoms with Crippen LogP contribution in [-0.2, 0) is 6.61 Å². The number of hydrogen-bond donors (Lipinski definition) is 2. The molecule has 2 aromatic heterocycles. The van der Waals surface area contributed by atoms with Gasteiger partial charge < -0.3 is 9.26 Å². The molecule has 9 nitrogen and oxygen atoms in total. The Morgan fingerprint density at radius 1 is 1.11 bits per heavy atom. The average Bonchev–Trinajstić information content (AvgIpc) is 3.40. The van der Waals surface area contributed by atoms with Gasteiger partial charge in [-0.15, -0.1) is 5.10 Å². The van der Waals surface area contributed by atoms with Crippen molar-refractivity contribution in [2.24, 2.45) is 0 Å². The van der Waals surface area contributed by atoms with E-state index in [1.807, 2.05) is 54.6 Å². The summed E-state index contributed by atoms with van der Waals surface area (Å²) in [5.74, 6) is 0.763. The number of nitrogens with zero attached hydrogens (tertiary/aromatic N) is 4. The first-order chi connectivity index (χ1) is 13.3. The van der Waals surface area contributed by atoms with Crippen LogP contribution in [0.2, 0.25) is 0 Å². The van der Waals surface area contributed by atoms with Crippen LogP contribution in [0.4, 0.5) is 5.95 Å². The average molecular weight is 362 g/mol. The highest BCUT2D eigenvalue weighted by Crippen LogP contribution is 2.24. The van der Waals surface area contributed by atoms with Crippen LogP contribution in [-0.4, -0.2) is 31.7 Å². The Morgan fingerprint density at radius 3 is 2.67 bits per heavy atom. The molecule has 0 atom stereocenters. The lowest BCUT2D eigenvalue weighted by Gasteiger charge is -2.06. The minimum atomic E-state index is -0.491. The standard InChI is InChI=1S/C18H14N6O3/c25-17(19-18-20-23-24-21-18)15-10-16(27-22-15)13-6-8-14(9-7-13)26-11-12-4-2-1-3-5-12/h1-10H,11H2,(H2,19,20,21,23,24,25). The Bertz CT molecular complexity index is 1010. The minimum Gasteiger partial charge on any atom is -0.489 e. The first-order valence-electron chi connectivity index (χ1n) is 8.06. The molecule has 4 aromatic rings. The molecule has 27 heavy (non-hydrogen) atoms. The van der Waals surface area contributed by atoms with Crippen molar-refractivity contribution >= 4 is 11.9 Å². The van der Waals surface area contributed by atoms with Crippen molar-refractivity contribution in [1.82, 2.24) is 25.8 Å². The molecular formula is C18H14N6O3. The Hall–Kier alpha value is -4.01. The lowest BCUT2D eigenvalue weighted by Crippen LogP contribution is -2.13. The van der Waals surface area contributed by atoms with E-state index in [4.69, 9.17) is 9.26 Å². The lowest BCUT2D eigenvalue weighted by atomic mass is 10.1. The van der Waals surface area contributed by atoms with Gasteiger partial charge >= 0.3 is 0 Å². The van der Waals surface area contributed by atoms with Gasteiger partial charge in [0, 0.05) is 11.6 Å². The monoisotopic (exact) mass is 362 g/mol. The number of hydrogen-bond acceptors (Lipinski definition) is 7. The van der Waals surface area contributed by atoms with Crippen LogP contribution in [0, 0.1) is 0 Å². The molecule has 134 valence electrons. The van der Waals surface area contributed by atoms with Crippen LogP contribution in [0.5, 0.6) is 5.75 Å². The number of rotatable bonds is 6. The fourth-order valence-corrected chi connectivity index (χ4v) is 2.35. The number of carbonyl (C=O) groups excluding carboxylic acids is 1. The van der Waals surface area contributed by atoms with Gasteiger partial charge in [0.25, 0.3) is 11.9 Å². The van der Waals surface area contributed by atoms with E-state index in [1.165, 1.54) is 6.07 Å².